The highest BCUT2D eigenvalue weighted by molar-refractivity contribution is 7.92. The molecule has 1 heterocycles. The molecule has 58 heavy (non-hydrogen) atoms. The largest absolute Gasteiger partial charge is 0.507 e. The molecule has 3 N–H and O–H groups in total. The van der Waals surface area contributed by atoms with Crippen LogP contribution in [0.15, 0.2) is 71.2 Å². The average molecular weight is 827 g/mol. The Balaban J connectivity index is 0.997. The molecule has 4 aromatic rings. The van der Waals surface area contributed by atoms with Crippen molar-refractivity contribution in [2.45, 2.75) is 25.4 Å². The Hall–Kier alpha value is -5.17. The number of amides is 1. The molecule has 1 aliphatic rings. The van der Waals surface area contributed by atoms with Crippen molar-refractivity contribution in [2.24, 2.45) is 0 Å². The van der Waals surface area contributed by atoms with Crippen molar-refractivity contribution in [3.63, 3.8) is 0 Å². The van der Waals surface area contributed by atoms with E-state index in [0.717, 1.165) is 30.2 Å². The van der Waals surface area contributed by atoms with Crippen molar-refractivity contribution in [2.75, 3.05) is 83.6 Å². The number of nitrogens with one attached hydrogen (secondary N) is 1. The van der Waals surface area contributed by atoms with Crippen LogP contribution in [0.25, 0.3) is 28.1 Å². The lowest BCUT2D eigenvalue weighted by atomic mass is 10.0. The van der Waals surface area contributed by atoms with Crippen molar-refractivity contribution in [3.8, 4) is 11.3 Å². The molecule has 1 fully saturated rings. The number of carbonyl (C=O) groups is 3. The molecule has 15 nitrogen and oxygen atoms in total. The van der Waals surface area contributed by atoms with Gasteiger partial charge in [-0.1, -0.05) is 18.2 Å². The summed E-state index contributed by atoms with van der Waals surface area (Å²) < 4.78 is 75.2. The lowest BCUT2D eigenvalue weighted by molar-refractivity contribution is -0.146. The predicted molar refractivity (Wildman–Crippen MR) is 212 cm³/mol. The van der Waals surface area contributed by atoms with E-state index in [0.29, 0.717) is 79.1 Å². The van der Waals surface area contributed by atoms with E-state index in [9.17, 15) is 32.3 Å². The number of carbonyl (C=O) groups excluding carboxylic acids is 2. The van der Waals surface area contributed by atoms with Gasteiger partial charge in [0.2, 0.25) is 10.0 Å². The van der Waals surface area contributed by atoms with Crippen LogP contribution in [0.3, 0.4) is 0 Å². The molecule has 1 aromatic heterocycles. The normalized spacial score (nSPS) is 13.2. The van der Waals surface area contributed by atoms with Gasteiger partial charge >= 0.3 is 5.97 Å². The molecule has 0 unspecified atom stereocenters. The van der Waals surface area contributed by atoms with Crippen LogP contribution in [-0.2, 0) is 49.9 Å². The second kappa shape index (κ2) is 21.0. The minimum absolute atomic E-state index is 0.0424. The van der Waals surface area contributed by atoms with Gasteiger partial charge in [-0.25, -0.2) is 17.6 Å². The molecule has 0 atom stereocenters. The van der Waals surface area contributed by atoms with E-state index >= 15 is 0 Å². The number of anilines is 1. The zero-order chi connectivity index (χ0) is 41.7. The first kappa shape index (κ1) is 43.9. The number of carboxylic acid groups (broad SMARTS) is 1. The number of furan rings is 1. The number of benzene rings is 3. The van der Waals surface area contributed by atoms with Crippen molar-refractivity contribution >= 4 is 50.1 Å². The number of hydrogen-bond acceptors (Lipinski definition) is 12. The summed E-state index contributed by atoms with van der Waals surface area (Å²) in [5.41, 5.74) is 3.40. The minimum Gasteiger partial charge on any atom is -0.507 e. The van der Waals surface area contributed by atoms with E-state index in [4.69, 9.17) is 33.2 Å². The molecular formula is C41H47FN2O13S. The highest BCUT2D eigenvalue weighted by Crippen LogP contribution is 2.48. The summed E-state index contributed by atoms with van der Waals surface area (Å²) in [6.45, 7) is 2.83. The topological polar surface area (TPSA) is 200 Å². The Bertz CT molecular complexity index is 2180. The zero-order valence-electron chi connectivity index (χ0n) is 32.2. The van der Waals surface area contributed by atoms with E-state index in [1.165, 1.54) is 35.6 Å². The summed E-state index contributed by atoms with van der Waals surface area (Å²) in [5, 5.41) is 21.9. The maximum atomic E-state index is 13.7. The van der Waals surface area contributed by atoms with Crippen LogP contribution in [0, 0.1) is 5.82 Å². The maximum absolute atomic E-state index is 13.7. The van der Waals surface area contributed by atoms with E-state index < -0.39 is 33.4 Å². The number of hydrogen-bond donors (Lipinski definition) is 3. The van der Waals surface area contributed by atoms with Crippen molar-refractivity contribution < 1.29 is 65.5 Å². The fourth-order valence-corrected chi connectivity index (χ4v) is 6.93. The first-order valence-corrected chi connectivity index (χ1v) is 20.4. The number of fused-ring (bicyclic) bond motifs is 1. The Kier molecular flexibility index (Phi) is 15.9. The lowest BCUT2D eigenvalue weighted by Gasteiger charge is -2.25. The Labute approximate surface area is 335 Å². The first-order valence-electron chi connectivity index (χ1n) is 18.6. The minimum atomic E-state index is -3.74. The number of nitrogens with zero attached hydrogens (tertiary/aromatic N) is 1. The second-order valence-electron chi connectivity index (χ2n) is 13.3. The number of aliphatic hydroxyl groups is 1. The third-order valence-corrected chi connectivity index (χ3v) is 10.2. The number of ether oxygens (including phenoxy) is 5. The van der Waals surface area contributed by atoms with E-state index in [-0.39, 0.29) is 50.6 Å². The molecule has 1 aliphatic carbocycles. The summed E-state index contributed by atoms with van der Waals surface area (Å²) >= 11 is 0. The van der Waals surface area contributed by atoms with Crippen LogP contribution in [0.1, 0.15) is 45.8 Å². The summed E-state index contributed by atoms with van der Waals surface area (Å²) in [6, 6.07) is 15.6. The molecule has 17 heteroatoms. The van der Waals surface area contributed by atoms with Crippen LogP contribution < -0.4 is 9.62 Å². The van der Waals surface area contributed by atoms with Gasteiger partial charge in [0.05, 0.1) is 90.1 Å². The highest BCUT2D eigenvalue weighted by atomic mass is 32.2. The SMILES string of the molecule is CNC(=O)c1c(-c2ccc(F)cc2)oc2cc(N(CCOCCOCCOCCOCCOCc3cccc(C(O)=CC(=O)C(=O)O)c3)S(C)(=O)=O)c(C3CC3)cc12. The fourth-order valence-electron chi connectivity index (χ4n) is 6.01. The van der Waals surface area contributed by atoms with Gasteiger partial charge in [-0.05, 0) is 66.3 Å². The molecule has 0 spiro atoms. The molecule has 1 saturated carbocycles. The summed E-state index contributed by atoms with van der Waals surface area (Å²) in [7, 11) is -2.23. The Morgan fingerprint density at radius 1 is 0.862 bits per heavy atom. The van der Waals surface area contributed by atoms with Gasteiger partial charge < -0.3 is 43.6 Å². The third-order valence-electron chi connectivity index (χ3n) is 8.98. The van der Waals surface area contributed by atoms with E-state index in [1.807, 2.05) is 6.07 Å². The standard InChI is InChI=1S/C41H47FN2O13S/c1-43-40(47)38-33-23-32(28-6-7-28)34(24-37(33)57-39(38)29-8-10-31(42)11-9-29)44(58(2,50)51)12-13-52-14-15-53-16-17-54-18-19-55-20-21-56-26-27-4-3-5-30(22-27)35(45)25-36(46)41(48)49/h3-5,8-11,22-25,28,45H,6-7,12-21,26H2,1-2H3,(H,43,47)(H,48,49). The van der Waals surface area contributed by atoms with Gasteiger partial charge in [0.25, 0.3) is 11.7 Å². The molecule has 312 valence electrons. The van der Waals surface area contributed by atoms with Gasteiger partial charge in [0.1, 0.15) is 22.9 Å². The smallest absolute Gasteiger partial charge is 0.376 e. The average Bonchev–Trinajstić information content (AvgIpc) is 3.98. The van der Waals surface area contributed by atoms with E-state index in [2.05, 4.69) is 5.32 Å². The Morgan fingerprint density at radius 2 is 1.47 bits per heavy atom. The first-order chi connectivity index (χ1) is 27.9. The predicted octanol–water partition coefficient (Wildman–Crippen LogP) is 5.08. The second-order valence-corrected chi connectivity index (χ2v) is 15.2. The molecule has 0 aliphatic heterocycles. The van der Waals surface area contributed by atoms with Gasteiger partial charge in [-0.3, -0.25) is 13.9 Å². The quantitative estimate of drug-likeness (QED) is 0.0346. The van der Waals surface area contributed by atoms with Crippen LogP contribution in [0.2, 0.25) is 0 Å². The fraction of sp³-hybridized carbons (Fsp3) is 0.390. The molecule has 0 saturated heterocycles. The van der Waals surface area contributed by atoms with Gasteiger partial charge in [-0.15, -0.1) is 0 Å². The van der Waals surface area contributed by atoms with Gasteiger partial charge in [0, 0.05) is 35.7 Å². The Morgan fingerprint density at radius 3 is 2.03 bits per heavy atom. The van der Waals surface area contributed by atoms with E-state index in [1.54, 1.807) is 30.3 Å². The summed E-state index contributed by atoms with van der Waals surface area (Å²) in [6.07, 6.45) is 3.54. The number of rotatable bonds is 25. The van der Waals surface area contributed by atoms with Crippen molar-refractivity contribution in [1.82, 2.24) is 5.32 Å². The van der Waals surface area contributed by atoms with Gasteiger partial charge in [-0.2, -0.15) is 0 Å². The highest BCUT2D eigenvalue weighted by Gasteiger charge is 2.33. The number of sulfonamides is 1. The number of aliphatic hydroxyl groups excluding tert-OH is 1. The van der Waals surface area contributed by atoms with Crippen LogP contribution in [0.4, 0.5) is 10.1 Å². The molecule has 5 rings (SSSR count). The zero-order valence-corrected chi connectivity index (χ0v) is 33.1. The number of halogens is 1. The molecule has 0 radical (unpaired) electrons. The third kappa shape index (κ3) is 12.4. The summed E-state index contributed by atoms with van der Waals surface area (Å²) in [5.74, 6) is -3.75. The molecular weight excluding hydrogens is 780 g/mol. The molecule has 0 bridgehead atoms. The number of carboxylic acids is 1. The monoisotopic (exact) mass is 826 g/mol. The van der Waals surface area contributed by atoms with Crippen molar-refractivity contribution in [3.05, 3.63) is 94.8 Å². The number of ketones is 1. The lowest BCUT2D eigenvalue weighted by Crippen LogP contribution is -2.34. The maximum Gasteiger partial charge on any atom is 0.376 e. The molecule has 1 amide bonds. The van der Waals surface area contributed by atoms with Crippen LogP contribution >= 0.6 is 0 Å². The van der Waals surface area contributed by atoms with Crippen LogP contribution in [-0.4, -0.2) is 116 Å². The van der Waals surface area contributed by atoms with Crippen molar-refractivity contribution in [1.29, 1.82) is 0 Å². The summed E-state index contributed by atoms with van der Waals surface area (Å²) in [4.78, 5) is 35.0. The number of aliphatic carboxylic acids is 1. The van der Waals surface area contributed by atoms with Gasteiger partial charge in [0.15, 0.2) is 0 Å². The van der Waals surface area contributed by atoms with Crippen LogP contribution in [0.5, 0.6) is 0 Å². The molecule has 3 aromatic carbocycles.